The number of carbonyl (C=O) groups is 1. The molecule has 4 heteroatoms. The fourth-order valence-electron chi connectivity index (χ4n) is 1.29. The molecule has 0 spiro atoms. The van der Waals surface area contributed by atoms with Crippen molar-refractivity contribution in [2.75, 3.05) is 26.7 Å². The maximum Gasteiger partial charge on any atom is 0.314 e. The average Bonchev–Trinajstić information content (AvgIpc) is 1.79. The lowest BCUT2D eigenvalue weighted by atomic mass is 9.81. The van der Waals surface area contributed by atoms with E-state index < -0.39 is 11.4 Å². The second kappa shape index (κ2) is 2.21. The number of aliphatic hydroxyl groups is 1. The first-order valence-corrected chi connectivity index (χ1v) is 3.13. The van der Waals surface area contributed by atoms with Crippen LogP contribution in [0.2, 0.25) is 0 Å². The summed E-state index contributed by atoms with van der Waals surface area (Å²) in [7, 11) is 1.83. The minimum absolute atomic E-state index is 0.257. The Morgan fingerprint density at radius 3 is 2.30 bits per heavy atom. The van der Waals surface area contributed by atoms with E-state index in [2.05, 4.69) is 0 Å². The van der Waals surface area contributed by atoms with Crippen LogP contribution in [0.3, 0.4) is 0 Å². The number of hydrogen-bond acceptors (Lipinski definition) is 3. The van der Waals surface area contributed by atoms with E-state index in [1.165, 1.54) is 0 Å². The van der Waals surface area contributed by atoms with Gasteiger partial charge in [-0.25, -0.2) is 0 Å². The summed E-state index contributed by atoms with van der Waals surface area (Å²) in [5, 5.41) is 17.3. The fraction of sp³-hybridized carbons (Fsp3) is 0.833. The molecule has 1 aliphatic rings. The van der Waals surface area contributed by atoms with Gasteiger partial charge in [0, 0.05) is 13.1 Å². The van der Waals surface area contributed by atoms with Gasteiger partial charge in [-0.05, 0) is 7.05 Å². The van der Waals surface area contributed by atoms with Crippen molar-refractivity contribution in [3.63, 3.8) is 0 Å². The van der Waals surface area contributed by atoms with Crippen LogP contribution in [0.1, 0.15) is 0 Å². The standard InChI is InChI=1S/C6H11NO3/c1-7-2-6(3-7,4-8)5(9)10/h8H,2-4H2,1H3,(H,9,10). The number of hydrogen-bond donors (Lipinski definition) is 2. The highest BCUT2D eigenvalue weighted by Crippen LogP contribution is 2.28. The molecule has 1 rings (SSSR count). The van der Waals surface area contributed by atoms with Crippen LogP contribution in [-0.2, 0) is 4.79 Å². The number of aliphatic carboxylic acids is 1. The molecule has 10 heavy (non-hydrogen) atoms. The normalized spacial score (nSPS) is 23.8. The molecule has 0 unspecified atom stereocenters. The van der Waals surface area contributed by atoms with Gasteiger partial charge in [-0.2, -0.15) is 0 Å². The molecule has 0 saturated carbocycles. The maximum absolute atomic E-state index is 10.5. The van der Waals surface area contributed by atoms with Crippen molar-refractivity contribution in [2.45, 2.75) is 0 Å². The highest BCUT2D eigenvalue weighted by molar-refractivity contribution is 5.76. The van der Waals surface area contributed by atoms with E-state index in [0.717, 1.165) is 0 Å². The Balaban J connectivity index is 2.56. The van der Waals surface area contributed by atoms with Crippen molar-refractivity contribution in [1.29, 1.82) is 0 Å². The highest BCUT2D eigenvalue weighted by Gasteiger charge is 2.47. The topological polar surface area (TPSA) is 60.8 Å². The average molecular weight is 145 g/mol. The van der Waals surface area contributed by atoms with Crippen molar-refractivity contribution in [3.8, 4) is 0 Å². The van der Waals surface area contributed by atoms with E-state index in [-0.39, 0.29) is 6.61 Å². The zero-order valence-electron chi connectivity index (χ0n) is 5.87. The maximum atomic E-state index is 10.5. The Morgan fingerprint density at radius 1 is 1.70 bits per heavy atom. The summed E-state index contributed by atoms with van der Waals surface area (Å²) in [6.45, 7) is 0.657. The van der Waals surface area contributed by atoms with Gasteiger partial charge < -0.3 is 15.1 Å². The molecule has 58 valence electrons. The zero-order valence-corrected chi connectivity index (χ0v) is 5.87. The van der Waals surface area contributed by atoms with Crippen LogP contribution in [0.5, 0.6) is 0 Å². The highest BCUT2D eigenvalue weighted by atomic mass is 16.4. The van der Waals surface area contributed by atoms with Gasteiger partial charge in [0.2, 0.25) is 0 Å². The van der Waals surface area contributed by atoms with Crippen molar-refractivity contribution < 1.29 is 15.0 Å². The molecule has 0 amide bonds. The molecule has 0 atom stereocenters. The van der Waals surface area contributed by atoms with Crippen LogP contribution in [0.25, 0.3) is 0 Å². The van der Waals surface area contributed by atoms with Crippen molar-refractivity contribution in [3.05, 3.63) is 0 Å². The summed E-state index contributed by atoms with van der Waals surface area (Å²) in [4.78, 5) is 12.4. The zero-order chi connectivity index (χ0) is 7.78. The summed E-state index contributed by atoms with van der Waals surface area (Å²) in [5.74, 6) is -0.895. The lowest BCUT2D eigenvalue weighted by molar-refractivity contribution is -0.163. The molecule has 1 fully saturated rings. The number of rotatable bonds is 2. The van der Waals surface area contributed by atoms with Gasteiger partial charge in [-0.3, -0.25) is 4.79 Å². The SMILES string of the molecule is CN1CC(CO)(C(=O)O)C1. The van der Waals surface area contributed by atoms with E-state index >= 15 is 0 Å². The van der Waals surface area contributed by atoms with E-state index in [1.807, 2.05) is 11.9 Å². The van der Waals surface area contributed by atoms with Crippen LogP contribution in [-0.4, -0.2) is 47.8 Å². The molecule has 0 aliphatic carbocycles. The number of carboxylic acids is 1. The molecule has 4 nitrogen and oxygen atoms in total. The van der Waals surface area contributed by atoms with Crippen molar-refractivity contribution in [1.82, 2.24) is 4.90 Å². The van der Waals surface area contributed by atoms with Crippen molar-refractivity contribution >= 4 is 5.97 Å². The fourth-order valence-corrected chi connectivity index (χ4v) is 1.29. The van der Waals surface area contributed by atoms with Crippen LogP contribution >= 0.6 is 0 Å². The second-order valence-electron chi connectivity index (χ2n) is 2.92. The third-order valence-corrected chi connectivity index (χ3v) is 1.90. The third-order valence-electron chi connectivity index (χ3n) is 1.90. The molecule has 0 aromatic rings. The molecular formula is C6H11NO3. The van der Waals surface area contributed by atoms with Gasteiger partial charge >= 0.3 is 5.97 Å². The smallest absolute Gasteiger partial charge is 0.314 e. The van der Waals surface area contributed by atoms with Gasteiger partial charge in [0.25, 0.3) is 0 Å². The monoisotopic (exact) mass is 145 g/mol. The van der Waals surface area contributed by atoms with E-state index in [0.29, 0.717) is 13.1 Å². The summed E-state index contributed by atoms with van der Waals surface area (Å²) < 4.78 is 0. The van der Waals surface area contributed by atoms with Crippen LogP contribution in [0.15, 0.2) is 0 Å². The number of nitrogens with zero attached hydrogens (tertiary/aromatic N) is 1. The number of aliphatic hydroxyl groups excluding tert-OH is 1. The Kier molecular flexibility index (Phi) is 1.66. The Bertz CT molecular complexity index is 151. The first kappa shape index (κ1) is 7.50. The largest absolute Gasteiger partial charge is 0.481 e. The number of carboxylic acid groups (broad SMARTS) is 1. The minimum Gasteiger partial charge on any atom is -0.481 e. The molecule has 1 heterocycles. The molecule has 2 N–H and O–H groups in total. The Hall–Kier alpha value is -0.610. The first-order chi connectivity index (χ1) is 4.60. The van der Waals surface area contributed by atoms with E-state index in [9.17, 15) is 4.79 Å². The first-order valence-electron chi connectivity index (χ1n) is 3.13. The Morgan fingerprint density at radius 2 is 2.20 bits per heavy atom. The predicted octanol–water partition coefficient (Wildman–Crippen LogP) is -1.00. The molecule has 1 aliphatic heterocycles. The molecule has 0 aromatic heterocycles. The molecule has 0 bridgehead atoms. The van der Waals surface area contributed by atoms with Gasteiger partial charge in [0.05, 0.1) is 6.61 Å². The number of likely N-dealkylation sites (tertiary alicyclic amines) is 1. The summed E-state index contributed by atoms with van der Waals surface area (Å²) in [6.07, 6.45) is 0. The summed E-state index contributed by atoms with van der Waals surface area (Å²) in [5.41, 5.74) is -0.866. The van der Waals surface area contributed by atoms with Crippen LogP contribution in [0.4, 0.5) is 0 Å². The Labute approximate surface area is 59.1 Å². The summed E-state index contributed by atoms with van der Waals surface area (Å²) >= 11 is 0. The predicted molar refractivity (Wildman–Crippen MR) is 34.7 cm³/mol. The van der Waals surface area contributed by atoms with E-state index in [1.54, 1.807) is 0 Å². The van der Waals surface area contributed by atoms with Crippen LogP contribution < -0.4 is 0 Å². The van der Waals surface area contributed by atoms with Gasteiger partial charge in [0.15, 0.2) is 0 Å². The molecule has 0 radical (unpaired) electrons. The molecular weight excluding hydrogens is 134 g/mol. The van der Waals surface area contributed by atoms with Gasteiger partial charge in [-0.1, -0.05) is 0 Å². The quantitative estimate of drug-likeness (QED) is 0.523. The second-order valence-corrected chi connectivity index (χ2v) is 2.92. The lowest BCUT2D eigenvalue weighted by Gasteiger charge is -2.43. The lowest BCUT2D eigenvalue weighted by Crippen LogP contribution is -2.60. The molecule has 1 saturated heterocycles. The van der Waals surface area contributed by atoms with Gasteiger partial charge in [-0.15, -0.1) is 0 Å². The van der Waals surface area contributed by atoms with Crippen molar-refractivity contribution in [2.24, 2.45) is 5.41 Å². The third kappa shape index (κ3) is 0.892. The van der Waals surface area contributed by atoms with Gasteiger partial charge in [0.1, 0.15) is 5.41 Å². The van der Waals surface area contributed by atoms with Crippen LogP contribution in [0, 0.1) is 5.41 Å². The molecule has 0 aromatic carbocycles. The van der Waals surface area contributed by atoms with E-state index in [4.69, 9.17) is 10.2 Å². The minimum atomic E-state index is -0.895. The summed E-state index contributed by atoms with van der Waals surface area (Å²) in [6, 6.07) is 0.